The van der Waals surface area contributed by atoms with Gasteiger partial charge in [-0.25, -0.2) is 8.78 Å². The Kier molecular flexibility index (Phi) is 4.22. The van der Waals surface area contributed by atoms with Crippen molar-refractivity contribution in [2.24, 2.45) is 0 Å². The van der Waals surface area contributed by atoms with E-state index in [9.17, 15) is 35.9 Å². The number of hydrogen-bond acceptors (Lipinski definition) is 2. The van der Waals surface area contributed by atoms with Crippen molar-refractivity contribution in [1.29, 1.82) is 0 Å². The minimum atomic E-state index is -5.54. The molecule has 0 spiro atoms. The van der Waals surface area contributed by atoms with Gasteiger partial charge in [0.05, 0.1) is 6.42 Å². The molecule has 23 heavy (non-hydrogen) atoms. The van der Waals surface area contributed by atoms with Crippen molar-refractivity contribution in [3.05, 3.63) is 33.8 Å². The Hall–Kier alpha value is -1.28. The fraction of sp³-hybridized carbons (Fsp3) is 0.385. The molecular formula is C13H6Cl2F6O2. The van der Waals surface area contributed by atoms with Crippen molar-refractivity contribution < 1.29 is 35.9 Å². The van der Waals surface area contributed by atoms with E-state index in [4.69, 9.17) is 23.2 Å². The molecule has 0 aliphatic heterocycles. The summed E-state index contributed by atoms with van der Waals surface area (Å²) < 4.78 is 78.5. The summed E-state index contributed by atoms with van der Waals surface area (Å²) in [5.41, 5.74) is -5.08. The lowest BCUT2D eigenvalue weighted by atomic mass is 9.68. The highest BCUT2D eigenvalue weighted by molar-refractivity contribution is 6.35. The van der Waals surface area contributed by atoms with Crippen LogP contribution in [-0.2, 0) is 4.79 Å². The van der Waals surface area contributed by atoms with Gasteiger partial charge in [0.2, 0.25) is 6.17 Å². The third kappa shape index (κ3) is 2.42. The molecule has 1 aliphatic carbocycles. The van der Waals surface area contributed by atoms with Gasteiger partial charge >= 0.3 is 11.8 Å². The van der Waals surface area contributed by atoms with Gasteiger partial charge in [-0.3, -0.25) is 9.59 Å². The molecule has 10 heteroatoms. The summed E-state index contributed by atoms with van der Waals surface area (Å²) in [6, 6.07) is 3.24. The van der Waals surface area contributed by atoms with Crippen LogP contribution in [0, 0.1) is 0 Å². The van der Waals surface area contributed by atoms with Crippen LogP contribution in [0.1, 0.15) is 16.8 Å². The molecule has 2 rings (SSSR count). The van der Waals surface area contributed by atoms with E-state index >= 15 is 0 Å². The van der Waals surface area contributed by atoms with Crippen LogP contribution in [0.5, 0.6) is 0 Å². The van der Waals surface area contributed by atoms with E-state index in [0.29, 0.717) is 0 Å². The highest BCUT2D eigenvalue weighted by Crippen LogP contribution is 2.62. The average molecular weight is 379 g/mol. The standard InChI is InChI=1S/C13H6Cl2F6O2/c14-6-1-5(2-7(15)3-6)8(22)4-9(23)11(17)10(16)12(18,19)13(11,20)21/h1-3,10H,4H2. The van der Waals surface area contributed by atoms with Gasteiger partial charge in [0, 0.05) is 15.6 Å². The normalized spacial score (nSPS) is 28.1. The van der Waals surface area contributed by atoms with Crippen LogP contribution in [0.2, 0.25) is 10.0 Å². The molecule has 1 aromatic carbocycles. The number of carbonyl (C=O) groups excluding carboxylic acids is 2. The lowest BCUT2D eigenvalue weighted by Gasteiger charge is -2.49. The zero-order valence-electron chi connectivity index (χ0n) is 10.9. The maximum absolute atomic E-state index is 13.8. The molecule has 2 nitrogen and oxygen atoms in total. The first kappa shape index (κ1) is 18.1. The largest absolute Gasteiger partial charge is 0.356 e. The van der Waals surface area contributed by atoms with Gasteiger partial charge in [0.1, 0.15) is 0 Å². The molecule has 0 bridgehead atoms. The monoisotopic (exact) mass is 378 g/mol. The second-order valence-electron chi connectivity index (χ2n) is 4.95. The molecule has 0 N–H and O–H groups in total. The van der Waals surface area contributed by atoms with E-state index in [0.717, 1.165) is 12.1 Å². The lowest BCUT2D eigenvalue weighted by molar-refractivity contribution is -0.380. The summed E-state index contributed by atoms with van der Waals surface area (Å²) in [7, 11) is 0. The molecule has 1 fully saturated rings. The van der Waals surface area contributed by atoms with Crippen molar-refractivity contribution in [2.45, 2.75) is 30.1 Å². The SMILES string of the molecule is O=C(CC(=O)C1(F)C(F)C(F)(F)C1(F)F)c1cc(Cl)cc(Cl)c1. The second-order valence-corrected chi connectivity index (χ2v) is 5.83. The van der Waals surface area contributed by atoms with E-state index in [-0.39, 0.29) is 15.6 Å². The minimum absolute atomic E-state index is 0.0351. The predicted octanol–water partition coefficient (Wildman–Crippen LogP) is 4.47. The van der Waals surface area contributed by atoms with Crippen LogP contribution < -0.4 is 0 Å². The first-order valence-electron chi connectivity index (χ1n) is 5.97. The number of benzene rings is 1. The van der Waals surface area contributed by atoms with Crippen molar-refractivity contribution in [2.75, 3.05) is 0 Å². The summed E-state index contributed by atoms with van der Waals surface area (Å²) in [6.07, 6.45) is -5.58. The molecule has 1 saturated carbocycles. The zero-order chi connectivity index (χ0) is 17.8. The number of alkyl halides is 6. The highest BCUT2D eigenvalue weighted by atomic mass is 35.5. The van der Waals surface area contributed by atoms with E-state index in [1.165, 1.54) is 6.07 Å². The predicted molar refractivity (Wildman–Crippen MR) is 69.0 cm³/mol. The molecular weight excluding hydrogens is 373 g/mol. The Labute approximate surface area is 135 Å². The summed E-state index contributed by atoms with van der Waals surface area (Å²) in [4.78, 5) is 23.3. The van der Waals surface area contributed by atoms with Crippen LogP contribution in [-0.4, -0.2) is 35.3 Å². The lowest BCUT2D eigenvalue weighted by Crippen LogP contribution is -2.81. The number of Topliss-reactive ketones (excluding diaryl/α,β-unsaturated/α-hetero) is 2. The topological polar surface area (TPSA) is 34.1 Å². The Morgan fingerprint density at radius 3 is 1.91 bits per heavy atom. The van der Waals surface area contributed by atoms with E-state index in [1.54, 1.807) is 0 Å². The second kappa shape index (κ2) is 5.37. The van der Waals surface area contributed by atoms with Gasteiger partial charge in [0.25, 0.3) is 5.67 Å². The van der Waals surface area contributed by atoms with Gasteiger partial charge in [-0.2, -0.15) is 17.6 Å². The maximum atomic E-state index is 13.8. The van der Waals surface area contributed by atoms with E-state index in [1.807, 2.05) is 0 Å². The average Bonchev–Trinajstić information content (AvgIpc) is 2.43. The molecule has 1 aliphatic rings. The van der Waals surface area contributed by atoms with Crippen molar-refractivity contribution in [1.82, 2.24) is 0 Å². The first-order valence-corrected chi connectivity index (χ1v) is 6.72. The fourth-order valence-corrected chi connectivity index (χ4v) is 2.67. The molecule has 0 heterocycles. The number of carbonyl (C=O) groups is 2. The van der Waals surface area contributed by atoms with Crippen molar-refractivity contribution >= 4 is 34.8 Å². The summed E-state index contributed by atoms with van der Waals surface area (Å²) in [5.74, 6) is -14.3. The van der Waals surface area contributed by atoms with E-state index < -0.39 is 41.7 Å². The Balaban J connectivity index is 2.24. The molecule has 0 saturated heterocycles. The zero-order valence-corrected chi connectivity index (χ0v) is 12.4. The van der Waals surface area contributed by atoms with Gasteiger partial charge in [-0.1, -0.05) is 23.2 Å². The van der Waals surface area contributed by atoms with Gasteiger partial charge in [-0.15, -0.1) is 0 Å². The smallest absolute Gasteiger partial charge is 0.295 e. The van der Waals surface area contributed by atoms with Crippen LogP contribution in [0.25, 0.3) is 0 Å². The van der Waals surface area contributed by atoms with Gasteiger partial charge in [0.15, 0.2) is 11.6 Å². The fourth-order valence-electron chi connectivity index (χ4n) is 2.14. The Morgan fingerprint density at radius 1 is 1.00 bits per heavy atom. The molecule has 2 unspecified atom stereocenters. The molecule has 0 amide bonds. The number of rotatable bonds is 4. The third-order valence-corrected chi connectivity index (χ3v) is 3.89. The molecule has 2 atom stereocenters. The van der Waals surface area contributed by atoms with Crippen molar-refractivity contribution in [3.8, 4) is 0 Å². The Bertz CT molecular complexity index is 673. The minimum Gasteiger partial charge on any atom is -0.295 e. The number of halogens is 8. The maximum Gasteiger partial charge on any atom is 0.356 e. The quantitative estimate of drug-likeness (QED) is 0.440. The number of ketones is 2. The number of hydrogen-bond donors (Lipinski definition) is 0. The van der Waals surface area contributed by atoms with E-state index in [2.05, 4.69) is 0 Å². The van der Waals surface area contributed by atoms with Gasteiger partial charge in [-0.05, 0) is 18.2 Å². The van der Waals surface area contributed by atoms with Crippen molar-refractivity contribution in [3.63, 3.8) is 0 Å². The molecule has 0 radical (unpaired) electrons. The molecule has 126 valence electrons. The Morgan fingerprint density at radius 2 is 1.48 bits per heavy atom. The van der Waals surface area contributed by atoms with Crippen LogP contribution >= 0.6 is 23.2 Å². The highest BCUT2D eigenvalue weighted by Gasteiger charge is 2.92. The summed E-state index contributed by atoms with van der Waals surface area (Å²) in [6.45, 7) is 0. The van der Waals surface area contributed by atoms with Crippen LogP contribution in [0.4, 0.5) is 26.3 Å². The molecule has 0 aromatic heterocycles. The summed E-state index contributed by atoms with van der Waals surface area (Å²) >= 11 is 11.2. The first-order chi connectivity index (χ1) is 10.4. The van der Waals surface area contributed by atoms with Crippen LogP contribution in [0.3, 0.4) is 0 Å². The third-order valence-electron chi connectivity index (χ3n) is 3.45. The van der Waals surface area contributed by atoms with Gasteiger partial charge < -0.3 is 0 Å². The molecule has 1 aromatic rings. The summed E-state index contributed by atoms with van der Waals surface area (Å²) in [5, 5.41) is -0.0701. The van der Waals surface area contributed by atoms with Crippen LogP contribution in [0.15, 0.2) is 18.2 Å².